The molecule has 1 heterocycles. The number of rotatable bonds is 6. The zero-order chi connectivity index (χ0) is 12.8. The van der Waals surface area contributed by atoms with Crippen LogP contribution >= 0.6 is 11.3 Å². The van der Waals surface area contributed by atoms with E-state index in [-0.39, 0.29) is 5.82 Å². The van der Waals surface area contributed by atoms with E-state index in [1.807, 2.05) is 12.3 Å². The van der Waals surface area contributed by atoms with Gasteiger partial charge in [-0.05, 0) is 24.7 Å². The molecular formula is C13H15FN2OS. The lowest BCUT2D eigenvalue weighted by Crippen LogP contribution is -2.13. The molecular weight excluding hydrogens is 251 g/mol. The highest BCUT2D eigenvalue weighted by Crippen LogP contribution is 2.21. The van der Waals surface area contributed by atoms with Gasteiger partial charge in [-0.25, -0.2) is 9.37 Å². The Labute approximate surface area is 110 Å². The van der Waals surface area contributed by atoms with E-state index in [9.17, 15) is 4.39 Å². The zero-order valence-corrected chi connectivity index (χ0v) is 11.0. The molecule has 0 aliphatic rings. The fourth-order valence-corrected chi connectivity index (χ4v) is 2.09. The van der Waals surface area contributed by atoms with Gasteiger partial charge in [-0.15, -0.1) is 11.3 Å². The highest BCUT2D eigenvalue weighted by molar-refractivity contribution is 7.07. The van der Waals surface area contributed by atoms with E-state index in [2.05, 4.69) is 10.3 Å². The molecule has 0 saturated heterocycles. The first-order chi connectivity index (χ1) is 8.79. The van der Waals surface area contributed by atoms with Crippen LogP contribution in [0.25, 0.3) is 0 Å². The molecule has 18 heavy (non-hydrogen) atoms. The first-order valence-electron chi connectivity index (χ1n) is 5.78. The molecule has 0 atom stereocenters. The van der Waals surface area contributed by atoms with Crippen LogP contribution in [-0.4, -0.2) is 11.5 Å². The standard InChI is InChI=1S/C13H15FN2OS/c1-2-15-6-10-5-11(14)3-4-13(10)17-7-12-8-18-9-16-12/h3-5,8-9,15H,2,6-7H2,1H3. The average Bonchev–Trinajstić information content (AvgIpc) is 2.88. The third-order valence-corrected chi connectivity index (χ3v) is 3.08. The summed E-state index contributed by atoms with van der Waals surface area (Å²) in [6, 6.07) is 4.57. The molecule has 2 aromatic rings. The van der Waals surface area contributed by atoms with Crippen molar-refractivity contribution >= 4 is 11.3 Å². The summed E-state index contributed by atoms with van der Waals surface area (Å²) in [6.45, 7) is 3.85. The van der Waals surface area contributed by atoms with E-state index in [0.29, 0.717) is 18.9 Å². The molecule has 0 spiro atoms. The number of hydrogen-bond donors (Lipinski definition) is 1. The Bertz CT molecular complexity index is 488. The highest BCUT2D eigenvalue weighted by atomic mass is 32.1. The fraction of sp³-hybridized carbons (Fsp3) is 0.308. The molecule has 3 nitrogen and oxygen atoms in total. The van der Waals surface area contributed by atoms with Crippen molar-refractivity contribution in [1.29, 1.82) is 0 Å². The van der Waals surface area contributed by atoms with Gasteiger partial charge < -0.3 is 10.1 Å². The van der Waals surface area contributed by atoms with Gasteiger partial charge in [0.25, 0.3) is 0 Å². The van der Waals surface area contributed by atoms with Crippen LogP contribution in [0.1, 0.15) is 18.2 Å². The summed E-state index contributed by atoms with van der Waals surface area (Å²) in [5.41, 5.74) is 3.48. The van der Waals surface area contributed by atoms with Crippen LogP contribution in [0.2, 0.25) is 0 Å². The van der Waals surface area contributed by atoms with E-state index < -0.39 is 0 Å². The molecule has 5 heteroatoms. The molecule has 96 valence electrons. The zero-order valence-electron chi connectivity index (χ0n) is 10.1. The lowest BCUT2D eigenvalue weighted by atomic mass is 10.2. The van der Waals surface area contributed by atoms with Gasteiger partial charge in [-0.1, -0.05) is 6.92 Å². The van der Waals surface area contributed by atoms with Gasteiger partial charge in [-0.3, -0.25) is 0 Å². The van der Waals surface area contributed by atoms with Gasteiger partial charge in [-0.2, -0.15) is 0 Å². The van der Waals surface area contributed by atoms with Gasteiger partial charge in [0.2, 0.25) is 0 Å². The van der Waals surface area contributed by atoms with Gasteiger partial charge in [0.05, 0.1) is 11.2 Å². The van der Waals surface area contributed by atoms with E-state index >= 15 is 0 Å². The molecule has 1 aromatic heterocycles. The second kappa shape index (κ2) is 6.47. The lowest BCUT2D eigenvalue weighted by molar-refractivity contribution is 0.297. The number of benzene rings is 1. The van der Waals surface area contributed by atoms with Gasteiger partial charge in [0.15, 0.2) is 0 Å². The number of nitrogens with zero attached hydrogens (tertiary/aromatic N) is 1. The Morgan fingerprint density at radius 1 is 1.44 bits per heavy atom. The molecule has 1 aromatic carbocycles. The molecule has 0 fully saturated rings. The molecule has 2 rings (SSSR count). The van der Waals surface area contributed by atoms with Crippen LogP contribution in [0.4, 0.5) is 4.39 Å². The molecule has 0 aliphatic carbocycles. The quantitative estimate of drug-likeness (QED) is 0.873. The molecule has 0 radical (unpaired) electrons. The monoisotopic (exact) mass is 266 g/mol. The van der Waals surface area contributed by atoms with Crippen molar-refractivity contribution in [2.75, 3.05) is 6.54 Å². The summed E-state index contributed by atoms with van der Waals surface area (Å²) < 4.78 is 18.9. The van der Waals surface area contributed by atoms with Crippen molar-refractivity contribution in [3.63, 3.8) is 0 Å². The number of halogens is 1. The van der Waals surface area contributed by atoms with Crippen LogP contribution in [0.15, 0.2) is 29.1 Å². The summed E-state index contributed by atoms with van der Waals surface area (Å²) in [5.74, 6) is 0.453. The van der Waals surface area contributed by atoms with E-state index in [1.54, 1.807) is 11.6 Å². The maximum atomic E-state index is 13.2. The Hall–Kier alpha value is -1.46. The molecule has 0 aliphatic heterocycles. The van der Waals surface area contributed by atoms with E-state index in [0.717, 1.165) is 17.8 Å². The Kier molecular flexibility index (Phi) is 4.66. The molecule has 1 N–H and O–H groups in total. The number of thiazole rings is 1. The van der Waals surface area contributed by atoms with Gasteiger partial charge >= 0.3 is 0 Å². The van der Waals surface area contributed by atoms with Crippen LogP contribution in [0, 0.1) is 5.82 Å². The maximum absolute atomic E-state index is 13.2. The number of nitrogens with one attached hydrogen (secondary N) is 1. The largest absolute Gasteiger partial charge is 0.487 e. The number of ether oxygens (including phenoxy) is 1. The minimum atomic E-state index is -0.246. The number of hydrogen-bond acceptors (Lipinski definition) is 4. The summed E-state index contributed by atoms with van der Waals surface area (Å²) in [6.07, 6.45) is 0. The first kappa shape index (κ1) is 13.0. The highest BCUT2D eigenvalue weighted by Gasteiger charge is 2.06. The van der Waals surface area contributed by atoms with E-state index in [4.69, 9.17) is 4.74 Å². The van der Waals surface area contributed by atoms with Gasteiger partial charge in [0.1, 0.15) is 18.2 Å². The third kappa shape index (κ3) is 3.51. The average molecular weight is 266 g/mol. The van der Waals surface area contributed by atoms with Crippen LogP contribution in [0.5, 0.6) is 5.75 Å². The van der Waals surface area contributed by atoms with Crippen molar-refractivity contribution in [1.82, 2.24) is 10.3 Å². The van der Waals surface area contributed by atoms with Crippen molar-refractivity contribution in [3.8, 4) is 5.75 Å². The maximum Gasteiger partial charge on any atom is 0.131 e. The molecule has 0 saturated carbocycles. The molecule has 0 unspecified atom stereocenters. The summed E-state index contributed by atoms with van der Waals surface area (Å²) in [4.78, 5) is 4.14. The second-order valence-electron chi connectivity index (χ2n) is 3.80. The molecule has 0 amide bonds. The molecule has 0 bridgehead atoms. The predicted molar refractivity (Wildman–Crippen MR) is 70.2 cm³/mol. The van der Waals surface area contributed by atoms with Crippen LogP contribution in [-0.2, 0) is 13.2 Å². The third-order valence-electron chi connectivity index (χ3n) is 2.45. The normalized spacial score (nSPS) is 10.6. The van der Waals surface area contributed by atoms with Gasteiger partial charge in [0, 0.05) is 17.5 Å². The minimum absolute atomic E-state index is 0.246. The smallest absolute Gasteiger partial charge is 0.131 e. The van der Waals surface area contributed by atoms with Crippen molar-refractivity contribution in [3.05, 3.63) is 46.2 Å². The summed E-state index contributed by atoms with van der Waals surface area (Å²) in [7, 11) is 0. The van der Waals surface area contributed by atoms with E-state index in [1.165, 1.54) is 23.5 Å². The van der Waals surface area contributed by atoms with Crippen molar-refractivity contribution in [2.45, 2.75) is 20.1 Å². The Morgan fingerprint density at radius 2 is 2.33 bits per heavy atom. The first-order valence-corrected chi connectivity index (χ1v) is 6.73. The topological polar surface area (TPSA) is 34.1 Å². The fourth-order valence-electron chi connectivity index (χ4n) is 1.55. The predicted octanol–water partition coefficient (Wildman–Crippen LogP) is 2.97. The Morgan fingerprint density at radius 3 is 3.06 bits per heavy atom. The summed E-state index contributed by atoms with van der Waals surface area (Å²) in [5, 5.41) is 5.10. The lowest BCUT2D eigenvalue weighted by Gasteiger charge is -2.11. The number of aromatic nitrogens is 1. The SMILES string of the molecule is CCNCc1cc(F)ccc1OCc1cscn1. The van der Waals surface area contributed by atoms with Crippen LogP contribution < -0.4 is 10.1 Å². The second-order valence-corrected chi connectivity index (χ2v) is 4.52. The summed E-state index contributed by atoms with van der Waals surface area (Å²) >= 11 is 1.53. The van der Waals surface area contributed by atoms with Crippen LogP contribution in [0.3, 0.4) is 0 Å². The Balaban J connectivity index is 2.05. The van der Waals surface area contributed by atoms with Crippen molar-refractivity contribution < 1.29 is 9.13 Å². The minimum Gasteiger partial charge on any atom is -0.487 e. The van der Waals surface area contributed by atoms with Crippen molar-refractivity contribution in [2.24, 2.45) is 0 Å².